The molecule has 0 saturated carbocycles. The van der Waals surface area contributed by atoms with Crippen LogP contribution < -0.4 is 5.32 Å². The van der Waals surface area contributed by atoms with Gasteiger partial charge in [-0.05, 0) is 31.4 Å². The molecule has 3 aromatic rings. The predicted octanol–water partition coefficient (Wildman–Crippen LogP) is 2.54. The third-order valence-electron chi connectivity index (χ3n) is 4.38. The average Bonchev–Trinajstić information content (AvgIpc) is 3.22. The fraction of sp³-hybridized carbons (Fsp3) is 0.375. The minimum absolute atomic E-state index is 0.00694. The van der Waals surface area contributed by atoms with Gasteiger partial charge in [-0.1, -0.05) is 5.16 Å². The summed E-state index contributed by atoms with van der Waals surface area (Å²) in [5.74, 6) is 0.661. The molecule has 4 rings (SSSR count). The van der Waals surface area contributed by atoms with E-state index in [0.717, 1.165) is 49.1 Å². The van der Waals surface area contributed by atoms with Crippen LogP contribution in [0, 0.1) is 0 Å². The second kappa shape index (κ2) is 6.11. The van der Waals surface area contributed by atoms with Crippen LogP contribution in [-0.4, -0.2) is 25.7 Å². The van der Waals surface area contributed by atoms with Gasteiger partial charge in [-0.3, -0.25) is 9.20 Å². The van der Waals surface area contributed by atoms with Crippen molar-refractivity contribution in [2.24, 2.45) is 0 Å². The second-order valence-electron chi connectivity index (χ2n) is 6.08. The summed E-state index contributed by atoms with van der Waals surface area (Å²) in [5.41, 5.74) is 0.340. The predicted molar refractivity (Wildman–Crippen MR) is 82.3 cm³/mol. The lowest BCUT2D eigenvalue weighted by Crippen LogP contribution is -2.25. The van der Waals surface area contributed by atoms with Crippen LogP contribution in [0.15, 0.2) is 22.9 Å². The van der Waals surface area contributed by atoms with E-state index < -0.39 is 17.6 Å². The van der Waals surface area contributed by atoms with Gasteiger partial charge in [-0.15, -0.1) is 10.2 Å². The first-order valence-corrected chi connectivity index (χ1v) is 8.10. The Kier molecular flexibility index (Phi) is 3.89. The molecule has 10 heteroatoms. The molecule has 1 N–H and O–H groups in total. The Morgan fingerprint density at radius 1 is 1.27 bits per heavy atom. The summed E-state index contributed by atoms with van der Waals surface area (Å²) < 4.78 is 44.8. The standard InChI is InChI=1S/C16H14F3N5O2/c17-16(18,19)9-5-6-24-12(7-9)21-22-13(24)8-20-15(25)14-10-3-1-2-4-11(10)26-23-14/h5-7H,1-4,8H2,(H,20,25). The fourth-order valence-electron chi connectivity index (χ4n) is 3.04. The monoisotopic (exact) mass is 365 g/mol. The summed E-state index contributed by atoms with van der Waals surface area (Å²) in [5, 5.41) is 14.1. The molecule has 0 atom stereocenters. The van der Waals surface area contributed by atoms with Crippen molar-refractivity contribution in [1.82, 2.24) is 25.1 Å². The average molecular weight is 365 g/mol. The lowest BCUT2D eigenvalue weighted by Gasteiger charge is -2.09. The molecule has 136 valence electrons. The highest BCUT2D eigenvalue weighted by atomic mass is 19.4. The maximum Gasteiger partial charge on any atom is 0.416 e. The van der Waals surface area contributed by atoms with Crippen molar-refractivity contribution in [3.63, 3.8) is 0 Å². The van der Waals surface area contributed by atoms with E-state index in [1.54, 1.807) is 0 Å². The molecule has 0 saturated heterocycles. The number of nitrogens with one attached hydrogen (secondary N) is 1. The van der Waals surface area contributed by atoms with Gasteiger partial charge >= 0.3 is 6.18 Å². The number of hydrogen-bond donors (Lipinski definition) is 1. The Bertz CT molecular complexity index is 976. The first kappa shape index (κ1) is 16.6. The van der Waals surface area contributed by atoms with Crippen molar-refractivity contribution in [3.05, 3.63) is 46.7 Å². The van der Waals surface area contributed by atoms with Crippen LogP contribution in [0.2, 0.25) is 0 Å². The number of amides is 1. The second-order valence-corrected chi connectivity index (χ2v) is 6.08. The van der Waals surface area contributed by atoms with Crippen LogP contribution in [0.5, 0.6) is 0 Å². The lowest BCUT2D eigenvalue weighted by atomic mass is 9.96. The summed E-state index contributed by atoms with van der Waals surface area (Å²) in [6.07, 6.45) is 0.285. The SMILES string of the molecule is O=C(NCc1nnc2cc(C(F)(F)F)ccn12)c1noc2c1CCCC2. The largest absolute Gasteiger partial charge is 0.416 e. The number of halogens is 3. The first-order valence-electron chi connectivity index (χ1n) is 8.10. The van der Waals surface area contributed by atoms with Gasteiger partial charge in [0, 0.05) is 18.2 Å². The van der Waals surface area contributed by atoms with Gasteiger partial charge in [-0.25, -0.2) is 0 Å². The van der Waals surface area contributed by atoms with Crippen molar-refractivity contribution in [1.29, 1.82) is 0 Å². The van der Waals surface area contributed by atoms with Crippen LogP contribution in [-0.2, 0) is 25.6 Å². The molecule has 0 aliphatic heterocycles. The third kappa shape index (κ3) is 2.91. The number of alkyl halides is 3. The van der Waals surface area contributed by atoms with Gasteiger partial charge in [0.1, 0.15) is 5.76 Å². The smallest absolute Gasteiger partial charge is 0.360 e. The summed E-state index contributed by atoms with van der Waals surface area (Å²) in [6.45, 7) is 0.00694. The molecule has 0 fully saturated rings. The minimum atomic E-state index is -4.45. The number of rotatable bonds is 3. The molecule has 26 heavy (non-hydrogen) atoms. The Morgan fingerprint density at radius 2 is 2.08 bits per heavy atom. The van der Waals surface area contributed by atoms with Gasteiger partial charge in [0.25, 0.3) is 5.91 Å². The molecular formula is C16H14F3N5O2. The van der Waals surface area contributed by atoms with Gasteiger partial charge in [0.2, 0.25) is 0 Å². The maximum absolute atomic E-state index is 12.7. The number of carbonyl (C=O) groups is 1. The topological polar surface area (TPSA) is 85.3 Å². The van der Waals surface area contributed by atoms with Crippen molar-refractivity contribution in [3.8, 4) is 0 Å². The van der Waals surface area contributed by atoms with E-state index in [1.165, 1.54) is 10.6 Å². The molecule has 0 spiro atoms. The highest BCUT2D eigenvalue weighted by Crippen LogP contribution is 2.29. The van der Waals surface area contributed by atoms with E-state index in [2.05, 4.69) is 20.7 Å². The lowest BCUT2D eigenvalue weighted by molar-refractivity contribution is -0.137. The van der Waals surface area contributed by atoms with Crippen LogP contribution >= 0.6 is 0 Å². The normalized spacial score (nSPS) is 14.4. The zero-order valence-corrected chi connectivity index (χ0v) is 13.5. The van der Waals surface area contributed by atoms with Crippen molar-refractivity contribution in [2.45, 2.75) is 38.4 Å². The molecule has 1 amide bonds. The molecular weight excluding hydrogens is 351 g/mol. The van der Waals surface area contributed by atoms with E-state index in [9.17, 15) is 18.0 Å². The fourth-order valence-corrected chi connectivity index (χ4v) is 3.04. The van der Waals surface area contributed by atoms with E-state index in [1.807, 2.05) is 0 Å². The zero-order valence-electron chi connectivity index (χ0n) is 13.5. The van der Waals surface area contributed by atoms with Crippen molar-refractivity contribution < 1.29 is 22.5 Å². The van der Waals surface area contributed by atoms with Crippen molar-refractivity contribution in [2.75, 3.05) is 0 Å². The number of pyridine rings is 1. The van der Waals surface area contributed by atoms with E-state index in [4.69, 9.17) is 4.52 Å². The van der Waals surface area contributed by atoms with Gasteiger partial charge in [0.15, 0.2) is 17.2 Å². The Hall–Kier alpha value is -2.91. The highest BCUT2D eigenvalue weighted by molar-refractivity contribution is 5.93. The number of fused-ring (bicyclic) bond motifs is 2. The quantitative estimate of drug-likeness (QED) is 0.771. The number of aryl methyl sites for hydroxylation is 1. The molecule has 1 aliphatic carbocycles. The Balaban J connectivity index is 1.51. The van der Waals surface area contributed by atoms with Gasteiger partial charge < -0.3 is 9.84 Å². The van der Waals surface area contributed by atoms with Gasteiger partial charge in [0.05, 0.1) is 12.1 Å². The van der Waals surface area contributed by atoms with Gasteiger partial charge in [-0.2, -0.15) is 13.2 Å². The molecule has 3 heterocycles. The highest BCUT2D eigenvalue weighted by Gasteiger charge is 2.31. The van der Waals surface area contributed by atoms with Crippen LogP contribution in [0.25, 0.3) is 5.65 Å². The maximum atomic E-state index is 12.7. The molecule has 3 aromatic heterocycles. The molecule has 0 bridgehead atoms. The Labute approximate surface area is 145 Å². The molecule has 0 unspecified atom stereocenters. The van der Waals surface area contributed by atoms with Crippen LogP contribution in [0.3, 0.4) is 0 Å². The van der Waals surface area contributed by atoms with E-state index >= 15 is 0 Å². The first-order chi connectivity index (χ1) is 12.4. The summed E-state index contributed by atoms with van der Waals surface area (Å²) in [7, 11) is 0. The molecule has 1 aliphatic rings. The van der Waals surface area contributed by atoms with Crippen molar-refractivity contribution >= 4 is 11.6 Å². The Morgan fingerprint density at radius 3 is 2.88 bits per heavy atom. The third-order valence-corrected chi connectivity index (χ3v) is 4.38. The summed E-state index contributed by atoms with van der Waals surface area (Å²) in [6, 6.07) is 1.85. The molecule has 7 nitrogen and oxygen atoms in total. The van der Waals surface area contributed by atoms with Crippen LogP contribution in [0.1, 0.15) is 46.0 Å². The summed E-state index contributed by atoms with van der Waals surface area (Å²) in [4.78, 5) is 12.4. The minimum Gasteiger partial charge on any atom is -0.360 e. The molecule has 0 radical (unpaired) electrons. The number of carbonyl (C=O) groups excluding carboxylic acids is 1. The molecule has 0 aromatic carbocycles. The zero-order chi connectivity index (χ0) is 18.3. The van der Waals surface area contributed by atoms with E-state index in [-0.39, 0.29) is 17.9 Å². The van der Waals surface area contributed by atoms with Crippen LogP contribution in [0.4, 0.5) is 13.2 Å². The number of nitrogens with zero attached hydrogens (tertiary/aromatic N) is 4. The number of hydrogen-bond acceptors (Lipinski definition) is 5. The van der Waals surface area contributed by atoms with E-state index in [0.29, 0.717) is 5.82 Å². The summed E-state index contributed by atoms with van der Waals surface area (Å²) >= 11 is 0. The number of aromatic nitrogens is 4.